The molecule has 0 saturated carbocycles. The van der Waals surface area contributed by atoms with E-state index >= 15 is 0 Å². The zero-order valence-corrected chi connectivity index (χ0v) is 16.9. The van der Waals surface area contributed by atoms with Crippen molar-refractivity contribution in [3.63, 3.8) is 0 Å². The number of hydrogen-bond acceptors (Lipinski definition) is 6. The first kappa shape index (κ1) is 18.9. The van der Waals surface area contributed by atoms with E-state index in [-0.39, 0.29) is 17.6 Å². The van der Waals surface area contributed by atoms with E-state index in [1.54, 1.807) is 28.6 Å². The van der Waals surface area contributed by atoms with Crippen molar-refractivity contribution >= 4 is 5.91 Å². The predicted molar refractivity (Wildman–Crippen MR) is 104 cm³/mol. The minimum atomic E-state index is -0.383. The second-order valence-electron chi connectivity index (χ2n) is 7.87. The van der Waals surface area contributed by atoms with E-state index in [9.17, 15) is 9.18 Å². The standard InChI is InChI=1S/C21H22FN5O3/c1-12-3-4-14(9-16(12)22)21(28)27-10-15-17(11-27)26(2)24-18(15)20-23-19(25-30-20)13-5-7-29-8-6-13/h3-4,9,13H,5-8,10-11H2,1-2H3. The number of aromatic nitrogens is 4. The first-order chi connectivity index (χ1) is 14.5. The minimum absolute atomic E-state index is 0.218. The fourth-order valence-corrected chi connectivity index (χ4v) is 4.07. The van der Waals surface area contributed by atoms with Crippen LogP contribution in [0, 0.1) is 12.7 Å². The summed E-state index contributed by atoms with van der Waals surface area (Å²) in [6.07, 6.45) is 1.74. The van der Waals surface area contributed by atoms with E-state index in [0.29, 0.717) is 54.8 Å². The molecule has 5 rings (SSSR count). The van der Waals surface area contributed by atoms with Gasteiger partial charge in [0.05, 0.1) is 18.8 Å². The van der Waals surface area contributed by atoms with Crippen LogP contribution in [0.25, 0.3) is 11.6 Å². The third-order valence-corrected chi connectivity index (χ3v) is 5.90. The van der Waals surface area contributed by atoms with Crippen LogP contribution in [0.4, 0.5) is 4.39 Å². The Morgan fingerprint density at radius 1 is 1.23 bits per heavy atom. The van der Waals surface area contributed by atoms with Crippen molar-refractivity contribution in [2.45, 2.75) is 38.8 Å². The van der Waals surface area contributed by atoms with Gasteiger partial charge in [0.25, 0.3) is 11.8 Å². The van der Waals surface area contributed by atoms with Crippen LogP contribution in [-0.4, -0.2) is 43.9 Å². The Bertz CT molecular complexity index is 1120. The Hall–Kier alpha value is -3.07. The van der Waals surface area contributed by atoms with Gasteiger partial charge in [-0.2, -0.15) is 10.1 Å². The van der Waals surface area contributed by atoms with Crippen LogP contribution in [0.15, 0.2) is 22.7 Å². The summed E-state index contributed by atoms with van der Waals surface area (Å²) in [6.45, 7) is 3.83. The average molecular weight is 411 g/mol. The number of carbonyl (C=O) groups is 1. The molecule has 8 nitrogen and oxygen atoms in total. The summed E-state index contributed by atoms with van der Waals surface area (Å²) in [5, 5.41) is 8.71. The van der Waals surface area contributed by atoms with E-state index in [0.717, 1.165) is 24.1 Å². The summed E-state index contributed by atoms with van der Waals surface area (Å²) in [6, 6.07) is 4.56. The maximum absolute atomic E-state index is 13.9. The molecule has 0 radical (unpaired) electrons. The van der Waals surface area contributed by atoms with Gasteiger partial charge in [-0.1, -0.05) is 11.2 Å². The van der Waals surface area contributed by atoms with Gasteiger partial charge in [-0.3, -0.25) is 9.48 Å². The van der Waals surface area contributed by atoms with Crippen LogP contribution in [-0.2, 0) is 24.9 Å². The van der Waals surface area contributed by atoms with Crippen molar-refractivity contribution in [2.24, 2.45) is 7.05 Å². The Morgan fingerprint density at radius 3 is 2.80 bits per heavy atom. The molecule has 0 atom stereocenters. The first-order valence-electron chi connectivity index (χ1n) is 10.0. The number of fused-ring (bicyclic) bond motifs is 1. The number of amides is 1. The third kappa shape index (κ3) is 3.19. The van der Waals surface area contributed by atoms with Crippen LogP contribution >= 0.6 is 0 Å². The molecule has 0 unspecified atom stereocenters. The molecule has 156 valence electrons. The zero-order chi connectivity index (χ0) is 20.8. The van der Waals surface area contributed by atoms with Crippen molar-refractivity contribution in [3.05, 3.63) is 52.2 Å². The number of hydrogen-bond donors (Lipinski definition) is 0. The molecule has 3 aromatic rings. The molecule has 1 fully saturated rings. The van der Waals surface area contributed by atoms with Gasteiger partial charge in [0.15, 0.2) is 11.5 Å². The Morgan fingerprint density at radius 2 is 2.03 bits per heavy atom. The number of aryl methyl sites for hydroxylation is 2. The molecule has 0 bridgehead atoms. The van der Waals surface area contributed by atoms with Crippen LogP contribution < -0.4 is 0 Å². The van der Waals surface area contributed by atoms with E-state index < -0.39 is 0 Å². The molecule has 2 aliphatic rings. The molecular weight excluding hydrogens is 389 g/mol. The zero-order valence-electron chi connectivity index (χ0n) is 16.9. The van der Waals surface area contributed by atoms with Crippen molar-refractivity contribution in [3.8, 4) is 11.6 Å². The normalized spacial score (nSPS) is 16.8. The molecule has 1 saturated heterocycles. The van der Waals surface area contributed by atoms with Gasteiger partial charge in [-0.05, 0) is 37.5 Å². The molecule has 4 heterocycles. The monoisotopic (exact) mass is 411 g/mol. The molecule has 0 N–H and O–H groups in total. The van der Waals surface area contributed by atoms with Gasteiger partial charge in [0.2, 0.25) is 0 Å². The number of rotatable bonds is 3. The van der Waals surface area contributed by atoms with Gasteiger partial charge in [-0.25, -0.2) is 4.39 Å². The minimum Gasteiger partial charge on any atom is -0.381 e. The van der Waals surface area contributed by atoms with E-state index in [4.69, 9.17) is 9.26 Å². The van der Waals surface area contributed by atoms with Crippen molar-refractivity contribution in [1.82, 2.24) is 24.8 Å². The lowest BCUT2D eigenvalue weighted by Crippen LogP contribution is -2.26. The summed E-state index contributed by atoms with van der Waals surface area (Å²) < 4.78 is 26.6. The highest BCUT2D eigenvalue weighted by Gasteiger charge is 2.33. The lowest BCUT2D eigenvalue weighted by atomic mass is 10.00. The van der Waals surface area contributed by atoms with Crippen LogP contribution in [0.1, 0.15) is 51.8 Å². The van der Waals surface area contributed by atoms with Gasteiger partial charge in [0.1, 0.15) is 5.82 Å². The largest absolute Gasteiger partial charge is 0.381 e. The fraction of sp³-hybridized carbons (Fsp3) is 0.429. The van der Waals surface area contributed by atoms with Crippen molar-refractivity contribution in [2.75, 3.05) is 13.2 Å². The quantitative estimate of drug-likeness (QED) is 0.659. The molecule has 1 amide bonds. The smallest absolute Gasteiger partial charge is 0.278 e. The SMILES string of the molecule is Cc1ccc(C(=O)N2Cc3c(-c4nc(C5CCOCC5)no4)nn(C)c3C2)cc1F. The molecule has 0 spiro atoms. The summed E-state index contributed by atoms with van der Waals surface area (Å²) in [5.41, 5.74) is 3.25. The number of ether oxygens (including phenoxy) is 1. The summed E-state index contributed by atoms with van der Waals surface area (Å²) in [4.78, 5) is 19.2. The molecule has 0 aliphatic carbocycles. The van der Waals surface area contributed by atoms with Gasteiger partial charge < -0.3 is 14.2 Å². The van der Waals surface area contributed by atoms with Crippen molar-refractivity contribution < 1.29 is 18.4 Å². The Labute approximate surface area is 172 Å². The van der Waals surface area contributed by atoms with Crippen LogP contribution in [0.2, 0.25) is 0 Å². The molecule has 1 aromatic carbocycles. The highest BCUT2D eigenvalue weighted by Crippen LogP contribution is 2.33. The van der Waals surface area contributed by atoms with Gasteiger partial charge >= 0.3 is 0 Å². The molecule has 30 heavy (non-hydrogen) atoms. The lowest BCUT2D eigenvalue weighted by Gasteiger charge is -2.18. The summed E-state index contributed by atoms with van der Waals surface area (Å²) in [5.74, 6) is 0.663. The third-order valence-electron chi connectivity index (χ3n) is 5.90. The Balaban J connectivity index is 1.40. The van der Waals surface area contributed by atoms with Crippen LogP contribution in [0.3, 0.4) is 0 Å². The Kier molecular flexibility index (Phi) is 4.62. The summed E-state index contributed by atoms with van der Waals surface area (Å²) in [7, 11) is 1.83. The average Bonchev–Trinajstić information content (AvgIpc) is 3.47. The first-order valence-corrected chi connectivity index (χ1v) is 10.0. The number of halogens is 1. The summed E-state index contributed by atoms with van der Waals surface area (Å²) >= 11 is 0. The molecule has 9 heteroatoms. The topological polar surface area (TPSA) is 86.3 Å². The number of benzene rings is 1. The maximum Gasteiger partial charge on any atom is 0.278 e. The highest BCUT2D eigenvalue weighted by atomic mass is 19.1. The second kappa shape index (κ2) is 7.32. The highest BCUT2D eigenvalue weighted by molar-refractivity contribution is 5.94. The fourth-order valence-electron chi connectivity index (χ4n) is 4.07. The molecule has 2 aliphatic heterocycles. The lowest BCUT2D eigenvalue weighted by molar-refractivity contribution is 0.0748. The van der Waals surface area contributed by atoms with Gasteiger partial charge in [-0.15, -0.1) is 0 Å². The second-order valence-corrected chi connectivity index (χ2v) is 7.87. The van der Waals surface area contributed by atoms with E-state index in [1.807, 2.05) is 7.05 Å². The van der Waals surface area contributed by atoms with E-state index in [1.165, 1.54) is 6.07 Å². The molecular formula is C21H22FN5O3. The number of carbonyl (C=O) groups excluding carboxylic acids is 1. The van der Waals surface area contributed by atoms with Crippen LogP contribution in [0.5, 0.6) is 0 Å². The predicted octanol–water partition coefficient (Wildman–Crippen LogP) is 2.97. The van der Waals surface area contributed by atoms with Gasteiger partial charge in [0, 0.05) is 37.3 Å². The molecule has 2 aromatic heterocycles. The van der Waals surface area contributed by atoms with Crippen molar-refractivity contribution in [1.29, 1.82) is 0 Å². The number of nitrogens with zero attached hydrogens (tertiary/aromatic N) is 5. The maximum atomic E-state index is 13.9. The van der Waals surface area contributed by atoms with E-state index in [2.05, 4.69) is 15.2 Å².